The molecule has 284 valence electrons. The number of fused-ring (bicyclic) bond motifs is 4. The van der Waals surface area contributed by atoms with Gasteiger partial charge < -0.3 is 9.80 Å². The van der Waals surface area contributed by atoms with Crippen LogP contribution in [-0.2, 0) is 0 Å². The number of para-hydroxylation sites is 1. The van der Waals surface area contributed by atoms with Crippen molar-refractivity contribution in [3.05, 3.63) is 150 Å². The molecule has 3 heteroatoms. The minimum atomic E-state index is 0.144. The van der Waals surface area contributed by atoms with Crippen molar-refractivity contribution in [1.82, 2.24) is 0 Å². The molecular weight excluding hydrogens is 687 g/mol. The van der Waals surface area contributed by atoms with Crippen LogP contribution in [-0.4, -0.2) is 6.71 Å². The first-order chi connectivity index (χ1) is 28.3. The highest BCUT2D eigenvalue weighted by atomic mass is 15.2. The van der Waals surface area contributed by atoms with Crippen LogP contribution in [0.2, 0.25) is 0 Å². The molecule has 0 spiro atoms. The molecule has 0 atom stereocenters. The lowest BCUT2D eigenvalue weighted by Crippen LogP contribution is -2.61. The Bertz CT molecular complexity index is 2350. The van der Waals surface area contributed by atoms with Crippen molar-refractivity contribution >= 4 is 57.2 Å². The summed E-state index contributed by atoms with van der Waals surface area (Å²) in [6.07, 6.45) is 20.2. The van der Waals surface area contributed by atoms with Gasteiger partial charge in [0.05, 0.1) is 0 Å². The second-order valence-electron chi connectivity index (χ2n) is 18.0. The Labute approximate surface area is 341 Å². The van der Waals surface area contributed by atoms with E-state index in [2.05, 4.69) is 143 Å². The summed E-state index contributed by atoms with van der Waals surface area (Å²) in [5.74, 6) is 2.02. The van der Waals surface area contributed by atoms with Crippen LogP contribution in [0.1, 0.15) is 131 Å². The van der Waals surface area contributed by atoms with Gasteiger partial charge in [-0.15, -0.1) is 0 Å². The molecule has 0 amide bonds. The van der Waals surface area contributed by atoms with Crippen LogP contribution in [0.4, 0.5) is 34.1 Å². The molecule has 6 aromatic carbocycles. The summed E-state index contributed by atoms with van der Waals surface area (Å²) < 4.78 is 0. The first-order valence-corrected chi connectivity index (χ1v) is 22.5. The molecule has 2 heterocycles. The van der Waals surface area contributed by atoms with E-state index in [-0.39, 0.29) is 6.71 Å². The van der Waals surface area contributed by atoms with E-state index in [1.54, 1.807) is 0 Å². The molecule has 3 saturated carbocycles. The Morgan fingerprint density at radius 1 is 0.351 bits per heavy atom. The minimum Gasteiger partial charge on any atom is -0.311 e. The average molecular weight is 743 g/mol. The molecular formula is C54H55BN2. The monoisotopic (exact) mass is 742 g/mol. The summed E-state index contributed by atoms with van der Waals surface area (Å²) in [7, 11) is 0. The van der Waals surface area contributed by atoms with Gasteiger partial charge in [-0.2, -0.15) is 0 Å². The zero-order chi connectivity index (χ0) is 37.7. The maximum atomic E-state index is 2.64. The lowest BCUT2D eigenvalue weighted by atomic mass is 9.33. The van der Waals surface area contributed by atoms with Gasteiger partial charge in [0.2, 0.25) is 0 Å². The summed E-state index contributed by atoms with van der Waals surface area (Å²) >= 11 is 0. The number of hydrogen-bond donors (Lipinski definition) is 0. The van der Waals surface area contributed by atoms with Crippen LogP contribution in [0, 0.1) is 0 Å². The van der Waals surface area contributed by atoms with E-state index >= 15 is 0 Å². The van der Waals surface area contributed by atoms with Crippen LogP contribution in [0.25, 0.3) is 11.1 Å². The number of benzene rings is 6. The van der Waals surface area contributed by atoms with E-state index in [4.69, 9.17) is 0 Å². The average Bonchev–Trinajstić information content (AvgIpc) is 3.30. The molecule has 11 rings (SSSR count). The third-order valence-corrected chi connectivity index (χ3v) is 14.6. The zero-order valence-electron chi connectivity index (χ0n) is 33.5. The Balaban J connectivity index is 1.13. The van der Waals surface area contributed by atoms with Gasteiger partial charge in [-0.05, 0) is 149 Å². The highest BCUT2D eigenvalue weighted by Gasteiger charge is 2.44. The Morgan fingerprint density at radius 2 is 0.807 bits per heavy atom. The van der Waals surface area contributed by atoms with Crippen molar-refractivity contribution in [1.29, 1.82) is 0 Å². The topological polar surface area (TPSA) is 6.48 Å². The van der Waals surface area contributed by atoms with Crippen LogP contribution in [0.5, 0.6) is 0 Å². The maximum Gasteiger partial charge on any atom is 0.252 e. The van der Waals surface area contributed by atoms with E-state index < -0.39 is 0 Å². The van der Waals surface area contributed by atoms with Gasteiger partial charge in [-0.1, -0.05) is 143 Å². The summed E-state index contributed by atoms with van der Waals surface area (Å²) in [6.45, 7) is 0.144. The van der Waals surface area contributed by atoms with Gasteiger partial charge in [-0.3, -0.25) is 0 Å². The lowest BCUT2D eigenvalue weighted by molar-refractivity contribution is 0.443. The van der Waals surface area contributed by atoms with E-state index in [1.807, 2.05) is 0 Å². The zero-order valence-corrected chi connectivity index (χ0v) is 33.5. The van der Waals surface area contributed by atoms with Crippen LogP contribution in [0.3, 0.4) is 0 Å². The highest BCUT2D eigenvalue weighted by molar-refractivity contribution is 7.00. The van der Waals surface area contributed by atoms with Crippen molar-refractivity contribution in [3.63, 3.8) is 0 Å². The molecule has 2 aliphatic heterocycles. The van der Waals surface area contributed by atoms with Gasteiger partial charge in [0.15, 0.2) is 0 Å². The van der Waals surface area contributed by atoms with Crippen molar-refractivity contribution in [2.75, 3.05) is 9.80 Å². The quantitative estimate of drug-likeness (QED) is 0.157. The second-order valence-corrected chi connectivity index (χ2v) is 18.0. The van der Waals surface area contributed by atoms with Crippen molar-refractivity contribution in [3.8, 4) is 11.1 Å². The molecule has 0 unspecified atom stereocenters. The molecule has 3 aliphatic carbocycles. The summed E-state index contributed by atoms with van der Waals surface area (Å²) in [5, 5.41) is 0. The molecule has 0 saturated heterocycles. The molecule has 0 aromatic heterocycles. The fraction of sp³-hybridized carbons (Fsp3) is 0.333. The number of hydrogen-bond acceptors (Lipinski definition) is 2. The maximum absolute atomic E-state index is 2.64. The fourth-order valence-corrected chi connectivity index (χ4v) is 11.7. The Kier molecular flexibility index (Phi) is 9.29. The Morgan fingerprint density at radius 3 is 1.35 bits per heavy atom. The smallest absolute Gasteiger partial charge is 0.252 e. The first-order valence-electron chi connectivity index (χ1n) is 22.5. The lowest BCUT2D eigenvalue weighted by Gasteiger charge is -2.45. The molecule has 0 bridgehead atoms. The largest absolute Gasteiger partial charge is 0.311 e. The summed E-state index contributed by atoms with van der Waals surface area (Å²) in [4.78, 5) is 5.23. The second kappa shape index (κ2) is 15.1. The molecule has 6 aromatic rings. The van der Waals surface area contributed by atoms with E-state index in [1.165, 1.54) is 175 Å². The summed E-state index contributed by atoms with van der Waals surface area (Å²) in [5.41, 5.74) is 19.1. The number of rotatable bonds is 6. The van der Waals surface area contributed by atoms with E-state index in [0.717, 1.165) is 0 Å². The van der Waals surface area contributed by atoms with Crippen LogP contribution >= 0.6 is 0 Å². The normalized spacial score (nSPS) is 18.6. The predicted molar refractivity (Wildman–Crippen MR) is 243 cm³/mol. The molecule has 2 nitrogen and oxygen atoms in total. The van der Waals surface area contributed by atoms with Crippen molar-refractivity contribution in [2.45, 2.75) is 114 Å². The van der Waals surface area contributed by atoms with Gasteiger partial charge in [0, 0.05) is 34.1 Å². The van der Waals surface area contributed by atoms with Gasteiger partial charge in [-0.25, -0.2) is 0 Å². The number of nitrogens with zero attached hydrogens (tertiary/aromatic N) is 2. The van der Waals surface area contributed by atoms with Gasteiger partial charge >= 0.3 is 0 Å². The van der Waals surface area contributed by atoms with Crippen molar-refractivity contribution < 1.29 is 0 Å². The van der Waals surface area contributed by atoms with Gasteiger partial charge in [0.25, 0.3) is 6.71 Å². The molecule has 5 aliphatic rings. The number of anilines is 6. The van der Waals surface area contributed by atoms with E-state index in [9.17, 15) is 0 Å². The first kappa shape index (κ1) is 35.2. The van der Waals surface area contributed by atoms with Crippen molar-refractivity contribution in [2.24, 2.45) is 0 Å². The third kappa shape index (κ3) is 6.33. The van der Waals surface area contributed by atoms with Crippen LogP contribution in [0.15, 0.2) is 133 Å². The van der Waals surface area contributed by atoms with Crippen LogP contribution < -0.4 is 26.2 Å². The highest BCUT2D eigenvalue weighted by Crippen LogP contribution is 2.47. The molecule has 0 N–H and O–H groups in total. The molecule has 57 heavy (non-hydrogen) atoms. The summed E-state index contributed by atoms with van der Waals surface area (Å²) in [6, 6.07) is 52.5. The third-order valence-electron chi connectivity index (χ3n) is 14.6. The predicted octanol–water partition coefficient (Wildman–Crippen LogP) is 13.6. The van der Waals surface area contributed by atoms with E-state index in [0.29, 0.717) is 17.8 Å². The standard InChI is InChI=1S/C54H55BN2/c1-5-15-38(16-6-1)42-25-30-46(31-26-42)56-50-24-14-13-23-48(50)55-49-35-44(40-19-9-3-10-20-40)29-34-51(49)57(47-32-27-43(28-33-47)39-17-7-2-8-18-39)53-37-45(36-52(56)54(53)55)41-21-11-4-12-22-41/h4,11-14,21-40H,1-3,5-10,15-20H2. The van der Waals surface area contributed by atoms with Gasteiger partial charge in [0.1, 0.15) is 0 Å². The Hall–Kier alpha value is -5.02. The minimum absolute atomic E-state index is 0.144. The fourth-order valence-electron chi connectivity index (χ4n) is 11.7. The SMILES string of the molecule is c1ccc(-c2cc3c4c(c2)N(c2ccc(C5CCCCC5)cc2)c2ccc(C5CCCCC5)cc2B4c2ccccc2N3c2ccc(C3CCCCC3)cc2)cc1. The molecule has 3 fully saturated rings. The molecule has 0 radical (unpaired) electrons.